The van der Waals surface area contributed by atoms with Crippen LogP contribution >= 0.6 is 0 Å². The Morgan fingerprint density at radius 1 is 0.929 bits per heavy atom. The molecule has 1 heteroatoms. The summed E-state index contributed by atoms with van der Waals surface area (Å²) in [6.07, 6.45) is 18.1. The highest BCUT2D eigenvalue weighted by molar-refractivity contribution is 5.14. The van der Waals surface area contributed by atoms with E-state index in [1.54, 1.807) is 0 Å². The number of rotatable bonds is 5. The lowest BCUT2D eigenvalue weighted by molar-refractivity contribution is -0.146. The van der Waals surface area contributed by atoms with Gasteiger partial charge in [-0.2, -0.15) is 0 Å². The molecule has 0 unspecified atom stereocenters. The molecule has 1 N–H and O–H groups in total. The average Bonchev–Trinajstić information content (AvgIpc) is 2.99. The Bertz CT molecular complexity index is 579. The van der Waals surface area contributed by atoms with Crippen LogP contribution in [0.3, 0.4) is 0 Å². The van der Waals surface area contributed by atoms with Crippen LogP contribution in [0.1, 0.15) is 98.8 Å². The summed E-state index contributed by atoms with van der Waals surface area (Å²) in [4.78, 5) is 0. The molecule has 0 aliphatic heterocycles. The van der Waals surface area contributed by atoms with Crippen LogP contribution in [0, 0.1) is 52.3 Å². The first-order chi connectivity index (χ1) is 13.3. The molecule has 1 nitrogen and oxygen atoms in total. The van der Waals surface area contributed by atoms with Crippen molar-refractivity contribution < 1.29 is 5.11 Å². The third-order valence-corrected chi connectivity index (χ3v) is 10.4. The lowest BCUT2D eigenvalue weighted by atomic mass is 9.44. The van der Waals surface area contributed by atoms with E-state index in [2.05, 4.69) is 46.8 Å². The monoisotopic (exact) mass is 386 g/mol. The molecular weight excluding hydrogens is 340 g/mol. The molecule has 0 saturated heterocycles. The molecule has 4 rings (SSSR count). The van der Waals surface area contributed by atoms with Crippen LogP contribution < -0.4 is 0 Å². The van der Waals surface area contributed by atoms with Crippen LogP contribution in [0.15, 0.2) is 12.2 Å². The molecule has 160 valence electrons. The first-order valence-electron chi connectivity index (χ1n) is 12.6. The summed E-state index contributed by atoms with van der Waals surface area (Å²) in [5, 5.41) is 11.1. The second-order valence-electron chi connectivity index (χ2n) is 12.2. The standard InChI is InChI=1S/C27H46O/c1-18(2)9-8-10-19(3)21-12-13-22-20-17-25(28)24-11-6-7-15-26(24,4)23(20)14-16-27(21,22)5/h6-7,18-25,28H,8-17H2,1-5H3/t19-,20+,21-,22+,23+,24-,25+,26-,27-/m1/s1. The van der Waals surface area contributed by atoms with Crippen LogP contribution in [0.4, 0.5) is 0 Å². The van der Waals surface area contributed by atoms with Gasteiger partial charge in [-0.05, 0) is 97.2 Å². The normalized spacial score (nSPS) is 48.8. The van der Waals surface area contributed by atoms with E-state index in [4.69, 9.17) is 0 Å². The van der Waals surface area contributed by atoms with Gasteiger partial charge >= 0.3 is 0 Å². The van der Waals surface area contributed by atoms with Gasteiger partial charge in [-0.3, -0.25) is 0 Å². The Balaban J connectivity index is 1.50. The predicted molar refractivity (Wildman–Crippen MR) is 119 cm³/mol. The molecular formula is C27H46O. The zero-order valence-electron chi connectivity index (χ0n) is 19.3. The average molecular weight is 387 g/mol. The lowest BCUT2D eigenvalue weighted by Gasteiger charge is -2.61. The highest BCUT2D eigenvalue weighted by Gasteiger charge is 2.61. The smallest absolute Gasteiger partial charge is 0.0579 e. The second-order valence-corrected chi connectivity index (χ2v) is 12.2. The Morgan fingerprint density at radius 2 is 1.68 bits per heavy atom. The van der Waals surface area contributed by atoms with Gasteiger partial charge in [0.15, 0.2) is 0 Å². The van der Waals surface area contributed by atoms with Crippen LogP contribution in [-0.2, 0) is 0 Å². The molecule has 0 amide bonds. The van der Waals surface area contributed by atoms with E-state index in [9.17, 15) is 5.11 Å². The number of hydrogen-bond acceptors (Lipinski definition) is 1. The van der Waals surface area contributed by atoms with Gasteiger partial charge in [-0.25, -0.2) is 0 Å². The first kappa shape index (κ1) is 21.0. The van der Waals surface area contributed by atoms with Gasteiger partial charge in [0.05, 0.1) is 6.10 Å². The number of fused-ring (bicyclic) bond motifs is 5. The summed E-state index contributed by atoms with van der Waals surface area (Å²) in [7, 11) is 0. The summed E-state index contributed by atoms with van der Waals surface area (Å²) in [6, 6.07) is 0. The van der Waals surface area contributed by atoms with Gasteiger partial charge in [0, 0.05) is 0 Å². The van der Waals surface area contributed by atoms with Gasteiger partial charge in [-0.1, -0.05) is 66.0 Å². The summed E-state index contributed by atoms with van der Waals surface area (Å²) in [5.41, 5.74) is 0.880. The Hall–Kier alpha value is -0.300. The topological polar surface area (TPSA) is 20.2 Å². The van der Waals surface area contributed by atoms with Crippen molar-refractivity contribution in [3.05, 3.63) is 12.2 Å². The zero-order valence-corrected chi connectivity index (χ0v) is 19.3. The third-order valence-electron chi connectivity index (χ3n) is 10.4. The Morgan fingerprint density at radius 3 is 2.43 bits per heavy atom. The molecule has 4 aliphatic rings. The van der Waals surface area contributed by atoms with E-state index < -0.39 is 0 Å². The summed E-state index contributed by atoms with van der Waals surface area (Å²) in [6.45, 7) is 12.5. The fraction of sp³-hybridized carbons (Fsp3) is 0.926. The SMILES string of the molecule is CC(C)CCC[C@@H](C)[C@H]1CC[C@H]2[C@@H]3C[C@H](O)[C@H]4CC=CC[C@]4(C)[C@H]3CC[C@]12C. The highest BCUT2D eigenvalue weighted by atomic mass is 16.3. The van der Waals surface area contributed by atoms with Crippen molar-refractivity contribution in [2.24, 2.45) is 52.3 Å². The van der Waals surface area contributed by atoms with E-state index in [-0.39, 0.29) is 6.10 Å². The largest absolute Gasteiger partial charge is 0.393 e. The fourth-order valence-corrected chi connectivity index (χ4v) is 8.93. The molecule has 3 saturated carbocycles. The van der Waals surface area contributed by atoms with Crippen molar-refractivity contribution in [1.29, 1.82) is 0 Å². The van der Waals surface area contributed by atoms with Gasteiger partial charge < -0.3 is 5.11 Å². The first-order valence-corrected chi connectivity index (χ1v) is 12.6. The van der Waals surface area contributed by atoms with Crippen molar-refractivity contribution in [3.63, 3.8) is 0 Å². The number of allylic oxidation sites excluding steroid dienone is 2. The molecule has 0 heterocycles. The number of aliphatic hydroxyl groups excluding tert-OH is 1. The van der Waals surface area contributed by atoms with Crippen molar-refractivity contribution >= 4 is 0 Å². The number of aliphatic hydroxyl groups is 1. The molecule has 9 atom stereocenters. The molecule has 0 bridgehead atoms. The number of hydrogen-bond donors (Lipinski definition) is 1. The third kappa shape index (κ3) is 3.32. The van der Waals surface area contributed by atoms with Gasteiger partial charge in [0.2, 0.25) is 0 Å². The minimum Gasteiger partial charge on any atom is -0.393 e. The van der Waals surface area contributed by atoms with E-state index in [1.165, 1.54) is 51.4 Å². The fourth-order valence-electron chi connectivity index (χ4n) is 8.93. The van der Waals surface area contributed by atoms with Crippen molar-refractivity contribution in [1.82, 2.24) is 0 Å². The lowest BCUT2D eigenvalue weighted by Crippen LogP contribution is -2.56. The molecule has 0 aromatic carbocycles. The molecule has 3 fully saturated rings. The van der Waals surface area contributed by atoms with Crippen molar-refractivity contribution in [3.8, 4) is 0 Å². The maximum atomic E-state index is 11.1. The summed E-state index contributed by atoms with van der Waals surface area (Å²) in [5.74, 6) is 5.63. The van der Waals surface area contributed by atoms with E-state index in [0.717, 1.165) is 48.3 Å². The summed E-state index contributed by atoms with van der Waals surface area (Å²) < 4.78 is 0. The quantitative estimate of drug-likeness (QED) is 0.493. The maximum absolute atomic E-state index is 11.1. The molecule has 0 spiro atoms. The van der Waals surface area contributed by atoms with Gasteiger partial charge in [0.1, 0.15) is 0 Å². The van der Waals surface area contributed by atoms with Gasteiger partial charge in [-0.15, -0.1) is 0 Å². The van der Waals surface area contributed by atoms with Gasteiger partial charge in [0.25, 0.3) is 0 Å². The highest BCUT2D eigenvalue weighted by Crippen LogP contribution is 2.68. The van der Waals surface area contributed by atoms with Crippen LogP contribution in [-0.4, -0.2) is 11.2 Å². The maximum Gasteiger partial charge on any atom is 0.0579 e. The minimum absolute atomic E-state index is 0.0685. The van der Waals surface area contributed by atoms with E-state index >= 15 is 0 Å². The van der Waals surface area contributed by atoms with E-state index in [1.807, 2.05) is 0 Å². The van der Waals surface area contributed by atoms with E-state index in [0.29, 0.717) is 16.7 Å². The molecule has 0 aromatic rings. The van der Waals surface area contributed by atoms with Crippen LogP contribution in [0.25, 0.3) is 0 Å². The molecule has 28 heavy (non-hydrogen) atoms. The van der Waals surface area contributed by atoms with Crippen molar-refractivity contribution in [2.45, 2.75) is 105 Å². The summed E-state index contributed by atoms with van der Waals surface area (Å²) >= 11 is 0. The second kappa shape index (κ2) is 7.75. The zero-order chi connectivity index (χ0) is 20.1. The molecule has 0 radical (unpaired) electrons. The Labute approximate surface area is 174 Å². The molecule has 0 aromatic heterocycles. The minimum atomic E-state index is -0.0685. The van der Waals surface area contributed by atoms with Crippen molar-refractivity contribution in [2.75, 3.05) is 0 Å². The predicted octanol–water partition coefficient (Wildman–Crippen LogP) is 7.24. The van der Waals surface area contributed by atoms with Crippen LogP contribution in [0.2, 0.25) is 0 Å². The Kier molecular flexibility index (Phi) is 5.80. The molecule has 4 aliphatic carbocycles. The van der Waals surface area contributed by atoms with Crippen LogP contribution in [0.5, 0.6) is 0 Å².